The molecule has 1 unspecified atom stereocenters. The average Bonchev–Trinajstić information content (AvgIpc) is 3.25. The lowest BCUT2D eigenvalue weighted by molar-refractivity contribution is -0.140. The number of benzene rings is 3. The van der Waals surface area contributed by atoms with Gasteiger partial charge in [0.25, 0.3) is 0 Å². The van der Waals surface area contributed by atoms with Crippen LogP contribution < -0.4 is 16.4 Å². The number of hydrogen-bond acceptors (Lipinski definition) is 4. The van der Waals surface area contributed by atoms with Crippen LogP contribution in [0.15, 0.2) is 60.7 Å². The lowest BCUT2D eigenvalue weighted by Gasteiger charge is -2.24. The normalized spacial score (nSPS) is 12.6. The number of halogens is 4. The van der Waals surface area contributed by atoms with Crippen molar-refractivity contribution in [2.75, 3.05) is 18.0 Å². The highest BCUT2D eigenvalue weighted by atomic mass is 19.4. The fraction of sp³-hybridized carbons (Fsp3) is 0.333. The first-order valence-corrected chi connectivity index (χ1v) is 13.3. The summed E-state index contributed by atoms with van der Waals surface area (Å²) in [6, 6.07) is 15.6. The number of carbonyl (C=O) groups is 1. The molecular weight excluding hydrogens is 522 g/mol. The number of alkyl halides is 3. The molecule has 0 aliphatic carbocycles. The molecule has 0 fully saturated rings. The van der Waals surface area contributed by atoms with Gasteiger partial charge in [-0.25, -0.2) is 9.37 Å². The Kier molecular flexibility index (Phi) is 8.78. The zero-order valence-electron chi connectivity index (χ0n) is 22.5. The molecule has 212 valence electrons. The number of fused-ring (bicyclic) bond motifs is 1. The van der Waals surface area contributed by atoms with Gasteiger partial charge in [0.15, 0.2) is 0 Å². The smallest absolute Gasteiger partial charge is 0.372 e. The van der Waals surface area contributed by atoms with Crippen molar-refractivity contribution in [2.24, 2.45) is 11.5 Å². The largest absolute Gasteiger partial charge is 0.419 e. The molecule has 0 bridgehead atoms. The molecule has 1 heterocycles. The van der Waals surface area contributed by atoms with E-state index in [1.165, 1.54) is 6.07 Å². The molecule has 6 nitrogen and oxygen atoms in total. The molecule has 0 saturated heterocycles. The minimum absolute atomic E-state index is 0.0304. The monoisotopic (exact) mass is 555 g/mol. The quantitative estimate of drug-likeness (QED) is 0.209. The Labute approximate surface area is 230 Å². The fourth-order valence-electron chi connectivity index (χ4n) is 4.89. The zero-order chi connectivity index (χ0) is 29.0. The van der Waals surface area contributed by atoms with Gasteiger partial charge in [-0.2, -0.15) is 13.2 Å². The van der Waals surface area contributed by atoms with E-state index in [2.05, 4.69) is 18.7 Å². The molecule has 0 radical (unpaired) electrons. The van der Waals surface area contributed by atoms with Crippen molar-refractivity contribution in [3.63, 3.8) is 0 Å². The van der Waals surface area contributed by atoms with E-state index < -0.39 is 29.5 Å². The summed E-state index contributed by atoms with van der Waals surface area (Å²) in [5.74, 6) is -1.28. The molecule has 1 atom stereocenters. The number of primary amides is 1. The average molecular weight is 556 g/mol. The van der Waals surface area contributed by atoms with Crippen molar-refractivity contribution in [2.45, 2.75) is 51.9 Å². The number of hydrogen-bond donors (Lipinski definition) is 2. The molecule has 4 aromatic rings. The predicted molar refractivity (Wildman–Crippen MR) is 149 cm³/mol. The van der Waals surface area contributed by atoms with Crippen LogP contribution >= 0.6 is 0 Å². The van der Waals surface area contributed by atoms with Crippen LogP contribution in [0.4, 0.5) is 23.2 Å². The molecule has 3 aromatic carbocycles. The molecule has 0 aliphatic rings. The zero-order valence-corrected chi connectivity index (χ0v) is 22.5. The van der Waals surface area contributed by atoms with Gasteiger partial charge in [0, 0.05) is 43.3 Å². The van der Waals surface area contributed by atoms with Crippen molar-refractivity contribution < 1.29 is 22.4 Å². The van der Waals surface area contributed by atoms with E-state index in [1.54, 1.807) is 18.2 Å². The highest BCUT2D eigenvalue weighted by Gasteiger charge is 2.34. The van der Waals surface area contributed by atoms with Crippen molar-refractivity contribution in [3.8, 4) is 11.4 Å². The van der Waals surface area contributed by atoms with Gasteiger partial charge in [-0.15, -0.1) is 0 Å². The second-order valence-corrected chi connectivity index (χ2v) is 9.89. The SMILES string of the molecule is CCCN(CCC)c1ccc(-c2nc3cc(C(N)CC(N)=O)ccc3n2Cc2ccc(C(F)(F)F)c(F)c2)cc1. The number of amides is 1. The van der Waals surface area contributed by atoms with Crippen molar-refractivity contribution in [1.82, 2.24) is 9.55 Å². The van der Waals surface area contributed by atoms with Gasteiger partial charge in [-0.05, 0) is 72.5 Å². The predicted octanol–water partition coefficient (Wildman–Crippen LogP) is 6.41. The minimum atomic E-state index is -4.78. The summed E-state index contributed by atoms with van der Waals surface area (Å²) in [6.07, 6.45) is -2.78. The Morgan fingerprint density at radius 2 is 1.68 bits per heavy atom. The highest BCUT2D eigenvalue weighted by molar-refractivity contribution is 5.82. The number of nitrogens with zero attached hydrogens (tertiary/aromatic N) is 3. The molecule has 1 aromatic heterocycles. The molecule has 0 aliphatic heterocycles. The fourth-order valence-corrected chi connectivity index (χ4v) is 4.89. The van der Waals surface area contributed by atoms with Gasteiger partial charge in [-0.1, -0.05) is 26.0 Å². The summed E-state index contributed by atoms with van der Waals surface area (Å²) in [5.41, 5.74) is 14.3. The third kappa shape index (κ3) is 6.44. The first-order valence-electron chi connectivity index (χ1n) is 13.3. The topological polar surface area (TPSA) is 90.2 Å². The number of carbonyl (C=O) groups excluding carboxylic acids is 1. The summed E-state index contributed by atoms with van der Waals surface area (Å²) >= 11 is 0. The summed E-state index contributed by atoms with van der Waals surface area (Å²) in [6.45, 7) is 6.21. The van der Waals surface area contributed by atoms with Gasteiger partial charge >= 0.3 is 6.18 Å². The van der Waals surface area contributed by atoms with Crippen molar-refractivity contribution >= 4 is 22.6 Å². The Morgan fingerprint density at radius 3 is 2.25 bits per heavy atom. The molecule has 1 amide bonds. The van der Waals surface area contributed by atoms with Gasteiger partial charge < -0.3 is 20.9 Å². The summed E-state index contributed by atoms with van der Waals surface area (Å²) in [7, 11) is 0. The second kappa shape index (κ2) is 12.1. The van der Waals surface area contributed by atoms with E-state index in [0.29, 0.717) is 28.0 Å². The molecular formula is C30H33F4N5O. The Bertz CT molecular complexity index is 1470. The number of imidazole rings is 1. The third-order valence-electron chi connectivity index (χ3n) is 6.78. The molecule has 4 rings (SSSR count). The Morgan fingerprint density at radius 1 is 1.00 bits per heavy atom. The summed E-state index contributed by atoms with van der Waals surface area (Å²) < 4.78 is 55.6. The molecule has 0 saturated carbocycles. The maximum atomic E-state index is 14.4. The van der Waals surface area contributed by atoms with Crippen LogP contribution in [0.3, 0.4) is 0 Å². The van der Waals surface area contributed by atoms with Gasteiger partial charge in [0.1, 0.15) is 11.6 Å². The second-order valence-electron chi connectivity index (χ2n) is 9.89. The van der Waals surface area contributed by atoms with Crippen LogP contribution in [0.25, 0.3) is 22.4 Å². The van der Waals surface area contributed by atoms with Gasteiger partial charge in [-0.3, -0.25) is 4.79 Å². The first-order chi connectivity index (χ1) is 19.0. The van der Waals surface area contributed by atoms with E-state index in [0.717, 1.165) is 49.3 Å². The molecule has 10 heteroatoms. The Balaban J connectivity index is 1.79. The molecule has 40 heavy (non-hydrogen) atoms. The van der Waals surface area contributed by atoms with E-state index >= 15 is 0 Å². The van der Waals surface area contributed by atoms with Crippen LogP contribution in [0.2, 0.25) is 0 Å². The van der Waals surface area contributed by atoms with Crippen molar-refractivity contribution in [3.05, 3.63) is 83.2 Å². The van der Waals surface area contributed by atoms with E-state index in [1.807, 2.05) is 28.8 Å². The van der Waals surface area contributed by atoms with Crippen LogP contribution in [0.1, 0.15) is 55.8 Å². The van der Waals surface area contributed by atoms with Gasteiger partial charge in [0.05, 0.1) is 16.6 Å². The standard InChI is InChI=1S/C30H33F4N5O/c1-3-13-38(14-4-2)22-9-6-20(7-10-22)29-37-26-16-21(25(35)17-28(36)40)8-12-27(26)39(29)18-19-5-11-23(24(31)15-19)30(32,33)34/h5-12,15-16,25H,3-4,13-14,17-18,35H2,1-2H3,(H2,36,40). The van der Waals surface area contributed by atoms with Crippen LogP contribution in [-0.4, -0.2) is 28.5 Å². The maximum absolute atomic E-state index is 14.4. The Hall–Kier alpha value is -3.92. The van der Waals surface area contributed by atoms with E-state index in [9.17, 15) is 22.4 Å². The van der Waals surface area contributed by atoms with Crippen LogP contribution in [-0.2, 0) is 17.5 Å². The van der Waals surface area contributed by atoms with Crippen molar-refractivity contribution in [1.29, 1.82) is 0 Å². The molecule has 0 spiro atoms. The number of rotatable bonds is 11. The lowest BCUT2D eigenvalue weighted by Crippen LogP contribution is -2.24. The van der Waals surface area contributed by atoms with E-state index in [4.69, 9.17) is 16.5 Å². The first kappa shape index (κ1) is 29.1. The number of anilines is 1. The summed E-state index contributed by atoms with van der Waals surface area (Å²) in [5, 5.41) is 0. The van der Waals surface area contributed by atoms with Crippen LogP contribution in [0.5, 0.6) is 0 Å². The lowest BCUT2D eigenvalue weighted by atomic mass is 10.0. The van der Waals surface area contributed by atoms with Gasteiger partial charge in [0.2, 0.25) is 5.91 Å². The highest BCUT2D eigenvalue weighted by Crippen LogP contribution is 2.33. The van der Waals surface area contributed by atoms with E-state index in [-0.39, 0.29) is 13.0 Å². The van der Waals surface area contributed by atoms with Crippen LogP contribution in [0, 0.1) is 5.82 Å². The maximum Gasteiger partial charge on any atom is 0.419 e. The number of aromatic nitrogens is 2. The number of nitrogens with two attached hydrogens (primary N) is 2. The third-order valence-corrected chi connectivity index (χ3v) is 6.78. The molecule has 4 N–H and O–H groups in total. The summed E-state index contributed by atoms with van der Waals surface area (Å²) in [4.78, 5) is 18.5. The minimum Gasteiger partial charge on any atom is -0.372 e.